The van der Waals surface area contributed by atoms with E-state index in [-0.39, 0.29) is 0 Å². The second-order valence-corrected chi connectivity index (χ2v) is 4.30. The van der Waals surface area contributed by atoms with Gasteiger partial charge in [0.2, 0.25) is 0 Å². The summed E-state index contributed by atoms with van der Waals surface area (Å²) in [7, 11) is -4.71. The summed E-state index contributed by atoms with van der Waals surface area (Å²) in [6.45, 7) is 0. The standard InChI is InChI=1S/C9H8NO5P/c11-9-8(15-16(12,13)14)5-6-3-1-2-4-7(6)10-9/h1-5H,(H,10,11)(H2,12,13,14). The topological polar surface area (TPSA) is 99.6 Å². The fourth-order valence-electron chi connectivity index (χ4n) is 1.32. The second kappa shape index (κ2) is 3.75. The van der Waals surface area contributed by atoms with Gasteiger partial charge < -0.3 is 9.51 Å². The van der Waals surface area contributed by atoms with Crippen molar-refractivity contribution in [3.05, 3.63) is 40.7 Å². The highest BCUT2D eigenvalue weighted by Crippen LogP contribution is 2.36. The van der Waals surface area contributed by atoms with Gasteiger partial charge in [-0.05, 0) is 12.1 Å². The Morgan fingerprint density at radius 3 is 2.62 bits per heavy atom. The Labute approximate surface area is 89.7 Å². The van der Waals surface area contributed by atoms with Gasteiger partial charge in [-0.3, -0.25) is 14.6 Å². The Morgan fingerprint density at radius 2 is 1.94 bits per heavy atom. The first-order chi connectivity index (χ1) is 7.46. The van der Waals surface area contributed by atoms with Crippen LogP contribution in [0.5, 0.6) is 5.75 Å². The van der Waals surface area contributed by atoms with Crippen LogP contribution in [0.1, 0.15) is 0 Å². The number of pyridine rings is 1. The van der Waals surface area contributed by atoms with Gasteiger partial charge in [-0.15, -0.1) is 0 Å². The van der Waals surface area contributed by atoms with Crippen molar-refractivity contribution in [3.63, 3.8) is 0 Å². The lowest BCUT2D eigenvalue weighted by atomic mass is 10.2. The lowest BCUT2D eigenvalue weighted by Crippen LogP contribution is -2.09. The van der Waals surface area contributed by atoms with Crippen molar-refractivity contribution >= 4 is 18.7 Å². The summed E-state index contributed by atoms with van der Waals surface area (Å²) >= 11 is 0. The van der Waals surface area contributed by atoms with Crippen molar-refractivity contribution in [2.45, 2.75) is 0 Å². The summed E-state index contributed by atoms with van der Waals surface area (Å²) in [5, 5.41) is 0.630. The number of benzene rings is 1. The van der Waals surface area contributed by atoms with Crippen LogP contribution in [0.3, 0.4) is 0 Å². The molecule has 0 atom stereocenters. The van der Waals surface area contributed by atoms with Crippen LogP contribution in [0.4, 0.5) is 0 Å². The number of para-hydroxylation sites is 1. The molecule has 0 aliphatic carbocycles. The third kappa shape index (κ3) is 2.30. The van der Waals surface area contributed by atoms with Gasteiger partial charge in [-0.1, -0.05) is 18.2 Å². The molecule has 84 valence electrons. The largest absolute Gasteiger partial charge is 0.524 e. The average molecular weight is 241 g/mol. The summed E-state index contributed by atoms with van der Waals surface area (Å²) in [6.07, 6.45) is 0. The Kier molecular flexibility index (Phi) is 2.55. The first kappa shape index (κ1) is 10.9. The Morgan fingerprint density at radius 1 is 1.25 bits per heavy atom. The van der Waals surface area contributed by atoms with Gasteiger partial charge in [0, 0.05) is 10.9 Å². The van der Waals surface area contributed by atoms with Crippen LogP contribution in [0.25, 0.3) is 10.9 Å². The number of nitrogens with one attached hydrogen (secondary N) is 1. The van der Waals surface area contributed by atoms with E-state index in [1.807, 2.05) is 0 Å². The Hall–Kier alpha value is -1.62. The maximum Gasteiger partial charge on any atom is 0.524 e. The molecule has 16 heavy (non-hydrogen) atoms. The molecule has 6 nitrogen and oxygen atoms in total. The number of rotatable bonds is 2. The minimum atomic E-state index is -4.71. The number of hydrogen-bond acceptors (Lipinski definition) is 3. The first-order valence-electron chi connectivity index (χ1n) is 4.33. The third-order valence-corrected chi connectivity index (χ3v) is 2.37. The number of aromatic nitrogens is 1. The van der Waals surface area contributed by atoms with Gasteiger partial charge in [-0.25, -0.2) is 4.57 Å². The molecule has 0 unspecified atom stereocenters. The van der Waals surface area contributed by atoms with Gasteiger partial charge in [0.1, 0.15) is 0 Å². The zero-order valence-electron chi connectivity index (χ0n) is 7.95. The molecule has 1 heterocycles. The molecule has 7 heteroatoms. The molecule has 0 aliphatic heterocycles. The van der Waals surface area contributed by atoms with Crippen LogP contribution in [0, 0.1) is 0 Å². The molecule has 0 fully saturated rings. The summed E-state index contributed by atoms with van der Waals surface area (Å²) in [6, 6.07) is 8.13. The van der Waals surface area contributed by atoms with E-state index >= 15 is 0 Å². The molecule has 0 amide bonds. The van der Waals surface area contributed by atoms with Crippen LogP contribution in [-0.4, -0.2) is 14.8 Å². The molecule has 2 aromatic rings. The summed E-state index contributed by atoms with van der Waals surface area (Å²) in [5.41, 5.74) is -0.104. The van der Waals surface area contributed by atoms with E-state index in [1.165, 1.54) is 6.07 Å². The van der Waals surface area contributed by atoms with E-state index < -0.39 is 19.1 Å². The van der Waals surface area contributed by atoms with Crippen molar-refractivity contribution in [3.8, 4) is 5.75 Å². The van der Waals surface area contributed by atoms with E-state index in [1.54, 1.807) is 24.3 Å². The molecule has 2 rings (SSSR count). The molecule has 0 spiro atoms. The van der Waals surface area contributed by atoms with Crippen LogP contribution >= 0.6 is 7.82 Å². The highest BCUT2D eigenvalue weighted by Gasteiger charge is 2.18. The van der Waals surface area contributed by atoms with Crippen molar-refractivity contribution in [1.82, 2.24) is 4.98 Å². The zero-order valence-corrected chi connectivity index (χ0v) is 8.85. The highest BCUT2D eigenvalue weighted by molar-refractivity contribution is 7.46. The lowest BCUT2D eigenvalue weighted by Gasteiger charge is -2.06. The van der Waals surface area contributed by atoms with Crippen LogP contribution < -0.4 is 10.1 Å². The molecule has 1 aromatic heterocycles. The lowest BCUT2D eigenvalue weighted by molar-refractivity contribution is 0.282. The predicted molar refractivity (Wildman–Crippen MR) is 57.2 cm³/mol. The highest BCUT2D eigenvalue weighted by atomic mass is 31.2. The van der Waals surface area contributed by atoms with Crippen molar-refractivity contribution in [2.75, 3.05) is 0 Å². The van der Waals surface area contributed by atoms with Crippen LogP contribution in [0.15, 0.2) is 35.1 Å². The van der Waals surface area contributed by atoms with Crippen LogP contribution in [-0.2, 0) is 4.57 Å². The second-order valence-electron chi connectivity index (χ2n) is 3.13. The SMILES string of the molecule is O=c1[nH]c2ccccc2cc1OP(=O)(O)O. The van der Waals surface area contributed by atoms with Gasteiger partial charge in [-0.2, -0.15) is 0 Å². The molecular formula is C9H8NO5P. The van der Waals surface area contributed by atoms with Gasteiger partial charge >= 0.3 is 7.82 Å². The molecule has 1 aromatic carbocycles. The first-order valence-corrected chi connectivity index (χ1v) is 5.86. The minimum Gasteiger partial charge on any atom is -0.398 e. The zero-order chi connectivity index (χ0) is 11.8. The quantitative estimate of drug-likeness (QED) is 0.681. The van der Waals surface area contributed by atoms with E-state index in [2.05, 4.69) is 9.51 Å². The fourth-order valence-corrected chi connectivity index (χ4v) is 1.72. The van der Waals surface area contributed by atoms with Crippen LogP contribution in [0.2, 0.25) is 0 Å². The maximum atomic E-state index is 11.4. The molecule has 0 bridgehead atoms. The number of fused-ring (bicyclic) bond motifs is 1. The maximum absolute atomic E-state index is 11.4. The summed E-state index contributed by atoms with van der Waals surface area (Å²) < 4.78 is 14.9. The van der Waals surface area contributed by atoms with E-state index in [9.17, 15) is 9.36 Å². The molecular weight excluding hydrogens is 233 g/mol. The normalized spacial score (nSPS) is 11.6. The molecule has 3 N–H and O–H groups in total. The molecule has 0 saturated heterocycles. The average Bonchev–Trinajstić information content (AvgIpc) is 2.17. The van der Waals surface area contributed by atoms with Crippen molar-refractivity contribution in [2.24, 2.45) is 0 Å². The van der Waals surface area contributed by atoms with E-state index in [0.717, 1.165) is 0 Å². The van der Waals surface area contributed by atoms with Gasteiger partial charge in [0.15, 0.2) is 5.75 Å². The smallest absolute Gasteiger partial charge is 0.398 e. The minimum absolute atomic E-state index is 0.396. The fraction of sp³-hybridized carbons (Fsp3) is 0. The number of phosphoric acid groups is 1. The van der Waals surface area contributed by atoms with E-state index in [0.29, 0.717) is 10.9 Å². The number of H-pyrrole nitrogens is 1. The van der Waals surface area contributed by atoms with Crippen molar-refractivity contribution < 1.29 is 18.9 Å². The Bertz CT molecular complexity index is 629. The number of phosphoric ester groups is 1. The summed E-state index contributed by atoms with van der Waals surface area (Å²) in [4.78, 5) is 31.1. The molecule has 0 aliphatic rings. The molecule has 0 radical (unpaired) electrons. The number of hydrogen-bond donors (Lipinski definition) is 3. The Balaban J connectivity index is 2.59. The monoisotopic (exact) mass is 241 g/mol. The predicted octanol–water partition coefficient (Wildman–Crippen LogP) is 1.000. The summed E-state index contributed by atoms with van der Waals surface area (Å²) in [5.74, 6) is -0.396. The van der Waals surface area contributed by atoms with Crippen molar-refractivity contribution in [1.29, 1.82) is 0 Å². The molecule has 0 saturated carbocycles. The van der Waals surface area contributed by atoms with Gasteiger partial charge in [0.05, 0.1) is 0 Å². The third-order valence-electron chi connectivity index (χ3n) is 1.94. The van der Waals surface area contributed by atoms with E-state index in [4.69, 9.17) is 9.79 Å². The van der Waals surface area contributed by atoms with Gasteiger partial charge in [0.25, 0.3) is 5.56 Å². The number of aromatic amines is 1.